The maximum Gasteiger partial charge on any atom is 0.409 e. The maximum absolute atomic E-state index is 12.4. The summed E-state index contributed by atoms with van der Waals surface area (Å²) in [6, 6.07) is 8.35. The van der Waals surface area contributed by atoms with Gasteiger partial charge < -0.3 is 24.4 Å². The first-order valence-corrected chi connectivity index (χ1v) is 10.4. The molecule has 0 radical (unpaired) electrons. The predicted molar refractivity (Wildman–Crippen MR) is 105 cm³/mol. The minimum Gasteiger partial charge on any atom is -0.447 e. The van der Waals surface area contributed by atoms with Crippen LogP contribution >= 0.6 is 0 Å². The van der Waals surface area contributed by atoms with E-state index in [9.17, 15) is 14.7 Å². The Morgan fingerprint density at radius 3 is 2.59 bits per heavy atom. The largest absolute Gasteiger partial charge is 0.447 e. The van der Waals surface area contributed by atoms with Crippen LogP contribution in [0.3, 0.4) is 0 Å². The SMILES string of the molecule is O=C(OCC(O)CN1CCc2ccccc2C1)N1CC(C(=O)N2CCOCC2)C1. The number of hydrogen-bond acceptors (Lipinski definition) is 6. The van der Waals surface area contributed by atoms with Crippen LogP contribution in [-0.2, 0) is 27.2 Å². The number of carbonyl (C=O) groups excluding carboxylic acids is 2. The average Bonchev–Trinajstić information content (AvgIpc) is 2.71. The summed E-state index contributed by atoms with van der Waals surface area (Å²) >= 11 is 0. The van der Waals surface area contributed by atoms with E-state index in [0.29, 0.717) is 45.9 Å². The molecule has 29 heavy (non-hydrogen) atoms. The lowest BCUT2D eigenvalue weighted by Crippen LogP contribution is -2.58. The van der Waals surface area contributed by atoms with Crippen molar-refractivity contribution in [3.63, 3.8) is 0 Å². The van der Waals surface area contributed by atoms with Gasteiger partial charge in [0.25, 0.3) is 0 Å². The number of amides is 2. The Labute approximate surface area is 171 Å². The van der Waals surface area contributed by atoms with E-state index in [1.54, 1.807) is 4.90 Å². The molecule has 4 rings (SSSR count). The Morgan fingerprint density at radius 2 is 1.83 bits per heavy atom. The number of aliphatic hydroxyl groups is 1. The van der Waals surface area contributed by atoms with Crippen molar-refractivity contribution in [3.8, 4) is 0 Å². The van der Waals surface area contributed by atoms with E-state index in [1.807, 2.05) is 6.07 Å². The number of carbonyl (C=O) groups is 2. The van der Waals surface area contributed by atoms with Gasteiger partial charge in [-0.25, -0.2) is 4.79 Å². The van der Waals surface area contributed by atoms with E-state index in [0.717, 1.165) is 19.5 Å². The molecule has 2 saturated heterocycles. The van der Waals surface area contributed by atoms with Crippen LogP contribution < -0.4 is 0 Å². The lowest BCUT2D eigenvalue weighted by molar-refractivity contribution is -0.144. The molecule has 8 nitrogen and oxygen atoms in total. The Balaban J connectivity index is 1.15. The minimum atomic E-state index is -0.726. The molecule has 0 aliphatic carbocycles. The van der Waals surface area contributed by atoms with Gasteiger partial charge in [-0.15, -0.1) is 0 Å². The Kier molecular flexibility index (Phi) is 6.32. The normalized spacial score (nSPS) is 21.3. The molecule has 0 spiro atoms. The summed E-state index contributed by atoms with van der Waals surface area (Å²) in [5.74, 6) is -0.0678. The highest BCUT2D eigenvalue weighted by molar-refractivity contribution is 5.82. The maximum atomic E-state index is 12.4. The molecule has 1 unspecified atom stereocenters. The van der Waals surface area contributed by atoms with Gasteiger partial charge in [0.05, 0.1) is 19.1 Å². The molecule has 0 saturated carbocycles. The number of aliphatic hydroxyl groups excluding tert-OH is 1. The van der Waals surface area contributed by atoms with Crippen molar-refractivity contribution in [2.45, 2.75) is 19.1 Å². The second-order valence-electron chi connectivity index (χ2n) is 8.02. The van der Waals surface area contributed by atoms with Crippen LogP contribution in [0.5, 0.6) is 0 Å². The molecule has 0 bridgehead atoms. The minimum absolute atomic E-state index is 0.0322. The zero-order chi connectivity index (χ0) is 20.2. The smallest absolute Gasteiger partial charge is 0.409 e. The van der Waals surface area contributed by atoms with Crippen LogP contribution in [0.2, 0.25) is 0 Å². The van der Waals surface area contributed by atoms with Gasteiger partial charge in [0.1, 0.15) is 12.7 Å². The Bertz CT molecular complexity index is 731. The number of benzene rings is 1. The van der Waals surface area contributed by atoms with E-state index < -0.39 is 12.2 Å². The third-order valence-corrected chi connectivity index (χ3v) is 5.89. The molecule has 3 heterocycles. The van der Waals surface area contributed by atoms with Gasteiger partial charge in [-0.1, -0.05) is 24.3 Å². The predicted octanol–water partition coefficient (Wildman–Crippen LogP) is 0.333. The number of β-amino-alcohol motifs (C(OH)–C–C–N with tert-alkyl or cyclic N) is 1. The third kappa shape index (κ3) is 4.88. The number of likely N-dealkylation sites (tertiary alicyclic amines) is 1. The van der Waals surface area contributed by atoms with Gasteiger partial charge in [-0.2, -0.15) is 0 Å². The fourth-order valence-electron chi connectivity index (χ4n) is 4.15. The fraction of sp³-hybridized carbons (Fsp3) is 0.619. The Morgan fingerprint density at radius 1 is 1.10 bits per heavy atom. The van der Waals surface area contributed by atoms with E-state index in [-0.39, 0.29) is 18.4 Å². The molecule has 8 heteroatoms. The highest BCUT2D eigenvalue weighted by Crippen LogP contribution is 2.21. The molecule has 158 valence electrons. The van der Waals surface area contributed by atoms with E-state index in [1.165, 1.54) is 16.0 Å². The second kappa shape index (κ2) is 9.11. The van der Waals surface area contributed by atoms with Crippen molar-refractivity contribution in [2.24, 2.45) is 5.92 Å². The topological polar surface area (TPSA) is 82.6 Å². The van der Waals surface area contributed by atoms with Crippen molar-refractivity contribution in [1.29, 1.82) is 0 Å². The summed E-state index contributed by atoms with van der Waals surface area (Å²) in [6.07, 6.45) is -0.218. The molecule has 2 fully saturated rings. The molecular formula is C21H29N3O5. The summed E-state index contributed by atoms with van der Waals surface area (Å²) in [4.78, 5) is 30.0. The molecular weight excluding hydrogens is 374 g/mol. The number of rotatable bonds is 5. The second-order valence-corrected chi connectivity index (χ2v) is 8.02. The monoisotopic (exact) mass is 403 g/mol. The molecule has 2 amide bonds. The van der Waals surface area contributed by atoms with Crippen LogP contribution in [0, 0.1) is 5.92 Å². The highest BCUT2D eigenvalue weighted by Gasteiger charge is 2.39. The summed E-state index contributed by atoms with van der Waals surface area (Å²) in [6.45, 7) is 5.28. The first-order chi connectivity index (χ1) is 14.1. The molecule has 0 aromatic heterocycles. The van der Waals surface area contributed by atoms with Crippen LogP contribution in [0.25, 0.3) is 0 Å². The lowest BCUT2D eigenvalue weighted by Gasteiger charge is -2.40. The van der Waals surface area contributed by atoms with Crippen LogP contribution in [0.15, 0.2) is 24.3 Å². The third-order valence-electron chi connectivity index (χ3n) is 5.89. The molecule has 1 atom stereocenters. The Hall–Kier alpha value is -2.16. The number of fused-ring (bicyclic) bond motifs is 1. The number of morpholine rings is 1. The number of hydrogen-bond donors (Lipinski definition) is 1. The first kappa shape index (κ1) is 20.1. The van der Waals surface area contributed by atoms with E-state index >= 15 is 0 Å². The lowest BCUT2D eigenvalue weighted by atomic mass is 9.99. The summed E-state index contributed by atoms with van der Waals surface area (Å²) in [5.41, 5.74) is 2.66. The van der Waals surface area contributed by atoms with Crippen molar-refractivity contribution in [3.05, 3.63) is 35.4 Å². The van der Waals surface area contributed by atoms with Crippen LogP contribution in [0.4, 0.5) is 4.79 Å². The zero-order valence-corrected chi connectivity index (χ0v) is 16.7. The zero-order valence-electron chi connectivity index (χ0n) is 16.7. The van der Waals surface area contributed by atoms with Crippen molar-refractivity contribution in [1.82, 2.24) is 14.7 Å². The first-order valence-electron chi connectivity index (χ1n) is 10.4. The molecule has 3 aliphatic rings. The van der Waals surface area contributed by atoms with Crippen molar-refractivity contribution < 1.29 is 24.2 Å². The van der Waals surface area contributed by atoms with Gasteiger partial charge in [0.15, 0.2) is 0 Å². The number of ether oxygens (including phenoxy) is 2. The quantitative estimate of drug-likeness (QED) is 0.763. The van der Waals surface area contributed by atoms with Gasteiger partial charge in [-0.3, -0.25) is 9.69 Å². The van der Waals surface area contributed by atoms with Crippen molar-refractivity contribution in [2.75, 3.05) is 59.1 Å². The number of nitrogens with zero attached hydrogens (tertiary/aromatic N) is 3. The fourth-order valence-corrected chi connectivity index (χ4v) is 4.15. The van der Waals surface area contributed by atoms with Gasteiger partial charge in [0, 0.05) is 45.8 Å². The summed E-state index contributed by atoms with van der Waals surface area (Å²) < 4.78 is 10.5. The molecule has 1 N–H and O–H groups in total. The van der Waals surface area contributed by atoms with Gasteiger partial charge in [-0.05, 0) is 17.5 Å². The molecule has 1 aromatic carbocycles. The van der Waals surface area contributed by atoms with Crippen molar-refractivity contribution >= 4 is 12.0 Å². The van der Waals surface area contributed by atoms with Gasteiger partial charge in [0.2, 0.25) is 5.91 Å². The average molecular weight is 403 g/mol. The highest BCUT2D eigenvalue weighted by atomic mass is 16.6. The summed E-state index contributed by atoms with van der Waals surface area (Å²) in [5, 5.41) is 10.3. The van der Waals surface area contributed by atoms with Gasteiger partial charge >= 0.3 is 6.09 Å². The summed E-state index contributed by atoms with van der Waals surface area (Å²) in [7, 11) is 0. The molecule has 1 aromatic rings. The van der Waals surface area contributed by atoms with E-state index in [4.69, 9.17) is 9.47 Å². The van der Waals surface area contributed by atoms with E-state index in [2.05, 4.69) is 23.1 Å². The standard InChI is InChI=1S/C21H29N3O5/c25-19(14-22-6-5-16-3-1-2-4-17(16)11-22)15-29-21(27)24-12-18(13-24)20(26)23-7-9-28-10-8-23/h1-4,18-19,25H,5-15H2. The van der Waals surface area contributed by atoms with Crippen LogP contribution in [0.1, 0.15) is 11.1 Å². The van der Waals surface area contributed by atoms with Crippen LogP contribution in [-0.4, -0.2) is 97.0 Å². The molecule has 3 aliphatic heterocycles.